The van der Waals surface area contributed by atoms with Gasteiger partial charge in [-0.05, 0) is 66.2 Å². The minimum absolute atomic E-state index is 0.137. The van der Waals surface area contributed by atoms with Gasteiger partial charge in [0.2, 0.25) is 0 Å². The van der Waals surface area contributed by atoms with Gasteiger partial charge in [0.25, 0.3) is 0 Å². The number of halogens is 2. The van der Waals surface area contributed by atoms with Gasteiger partial charge in [-0.1, -0.05) is 23.7 Å². The maximum absolute atomic E-state index is 13.3. The van der Waals surface area contributed by atoms with E-state index < -0.39 is 0 Å². The van der Waals surface area contributed by atoms with Crippen molar-refractivity contribution in [2.45, 2.75) is 6.61 Å². The molecule has 0 spiro atoms. The summed E-state index contributed by atoms with van der Waals surface area (Å²) in [5.41, 5.74) is 3.36. The van der Waals surface area contributed by atoms with Crippen molar-refractivity contribution in [3.63, 3.8) is 0 Å². The Hall–Kier alpha value is -4.10. The van der Waals surface area contributed by atoms with Crippen molar-refractivity contribution < 1.29 is 18.3 Å². The smallest absolute Gasteiger partial charge is 0.185 e. The molecular formula is C26H21ClFN3O3. The van der Waals surface area contributed by atoms with E-state index in [2.05, 4.69) is 10.6 Å². The Balaban J connectivity index is 1.50. The summed E-state index contributed by atoms with van der Waals surface area (Å²) in [5.74, 6) is 1.02. The monoisotopic (exact) mass is 477 g/mol. The molecule has 0 atom stereocenters. The fraction of sp³-hybridized carbons (Fsp3) is 0.0769. The SMILES string of the molecule is CNc1ccc(-c2ccc(C=O)o2)cc1C(=N)Nc1ccc(OCc2cccc(F)c2)c(Cl)c1. The number of furan rings is 1. The topological polar surface area (TPSA) is 87.4 Å². The molecule has 6 nitrogen and oxygen atoms in total. The number of rotatable bonds is 8. The van der Waals surface area contributed by atoms with E-state index in [0.717, 1.165) is 11.3 Å². The van der Waals surface area contributed by atoms with Gasteiger partial charge in [-0.3, -0.25) is 10.2 Å². The van der Waals surface area contributed by atoms with Gasteiger partial charge in [0.05, 0.1) is 5.02 Å². The Morgan fingerprint density at radius 1 is 1.12 bits per heavy atom. The molecule has 0 amide bonds. The van der Waals surface area contributed by atoms with E-state index in [1.807, 2.05) is 12.1 Å². The second kappa shape index (κ2) is 10.2. The largest absolute Gasteiger partial charge is 0.487 e. The lowest BCUT2D eigenvalue weighted by molar-refractivity contribution is 0.110. The van der Waals surface area contributed by atoms with Crippen LogP contribution in [0.1, 0.15) is 21.7 Å². The lowest BCUT2D eigenvalue weighted by atomic mass is 10.1. The second-order valence-corrected chi connectivity index (χ2v) is 7.80. The normalized spacial score (nSPS) is 10.6. The summed E-state index contributed by atoms with van der Waals surface area (Å²) >= 11 is 6.37. The summed E-state index contributed by atoms with van der Waals surface area (Å²) in [6, 6.07) is 20.0. The molecule has 0 saturated carbocycles. The summed E-state index contributed by atoms with van der Waals surface area (Å²) in [6.07, 6.45) is 0.644. The molecule has 34 heavy (non-hydrogen) atoms. The van der Waals surface area contributed by atoms with Crippen LogP contribution < -0.4 is 15.4 Å². The van der Waals surface area contributed by atoms with E-state index >= 15 is 0 Å². The van der Waals surface area contributed by atoms with Gasteiger partial charge in [0.1, 0.15) is 29.8 Å². The molecule has 0 aliphatic carbocycles. The second-order valence-electron chi connectivity index (χ2n) is 7.39. The van der Waals surface area contributed by atoms with Crippen LogP contribution in [0.25, 0.3) is 11.3 Å². The maximum atomic E-state index is 13.3. The number of amidine groups is 1. The first-order valence-electron chi connectivity index (χ1n) is 10.4. The summed E-state index contributed by atoms with van der Waals surface area (Å²) < 4.78 is 24.6. The molecule has 0 radical (unpaired) electrons. The van der Waals surface area contributed by atoms with Crippen LogP contribution in [-0.2, 0) is 6.61 Å². The standard InChI is InChI=1S/C26H21ClFN3O3/c1-30-23-8-5-17(24-10-7-20(14-32)34-24)12-21(23)26(29)31-19-6-9-25(22(27)13-19)33-15-16-3-2-4-18(28)11-16/h2-14,30H,15H2,1H3,(H2,29,31). The third-order valence-electron chi connectivity index (χ3n) is 5.07. The highest BCUT2D eigenvalue weighted by Crippen LogP contribution is 2.30. The quantitative estimate of drug-likeness (QED) is 0.151. The van der Waals surface area contributed by atoms with E-state index in [9.17, 15) is 9.18 Å². The first kappa shape index (κ1) is 23.1. The van der Waals surface area contributed by atoms with Crippen LogP contribution >= 0.6 is 11.6 Å². The summed E-state index contributed by atoms with van der Waals surface area (Å²) in [7, 11) is 1.77. The summed E-state index contributed by atoms with van der Waals surface area (Å²) in [6.45, 7) is 0.178. The number of anilines is 2. The minimum atomic E-state index is -0.327. The van der Waals surface area contributed by atoms with Crippen molar-refractivity contribution in [3.05, 3.63) is 101 Å². The van der Waals surface area contributed by atoms with Crippen LogP contribution in [0.2, 0.25) is 5.02 Å². The zero-order chi connectivity index (χ0) is 24.1. The molecule has 0 aliphatic heterocycles. The van der Waals surface area contributed by atoms with E-state index in [4.69, 9.17) is 26.2 Å². The average Bonchev–Trinajstić information content (AvgIpc) is 3.32. The third-order valence-corrected chi connectivity index (χ3v) is 5.37. The van der Waals surface area contributed by atoms with Crippen molar-refractivity contribution in [1.82, 2.24) is 0 Å². The van der Waals surface area contributed by atoms with Gasteiger partial charge in [-0.2, -0.15) is 0 Å². The maximum Gasteiger partial charge on any atom is 0.185 e. The first-order chi connectivity index (χ1) is 16.5. The summed E-state index contributed by atoms with van der Waals surface area (Å²) in [4.78, 5) is 10.9. The molecule has 1 aromatic heterocycles. The molecule has 4 rings (SSSR count). The van der Waals surface area contributed by atoms with Gasteiger partial charge in [-0.25, -0.2) is 4.39 Å². The number of nitrogens with one attached hydrogen (secondary N) is 3. The van der Waals surface area contributed by atoms with Crippen molar-refractivity contribution in [2.75, 3.05) is 17.7 Å². The van der Waals surface area contributed by atoms with E-state index in [1.54, 1.807) is 55.6 Å². The van der Waals surface area contributed by atoms with Crippen LogP contribution in [0.4, 0.5) is 15.8 Å². The zero-order valence-electron chi connectivity index (χ0n) is 18.2. The molecular weight excluding hydrogens is 457 g/mol. The number of carbonyl (C=O) groups excluding carboxylic acids is 1. The molecule has 0 bridgehead atoms. The Kier molecular flexibility index (Phi) is 6.94. The lowest BCUT2D eigenvalue weighted by Gasteiger charge is -2.15. The average molecular weight is 478 g/mol. The number of carbonyl (C=O) groups is 1. The van der Waals surface area contributed by atoms with E-state index in [1.165, 1.54) is 12.1 Å². The molecule has 0 saturated heterocycles. The highest BCUT2D eigenvalue weighted by atomic mass is 35.5. The highest BCUT2D eigenvalue weighted by molar-refractivity contribution is 6.32. The first-order valence-corrected chi connectivity index (χ1v) is 10.7. The number of benzene rings is 3. The molecule has 4 aromatic rings. The van der Waals surface area contributed by atoms with Gasteiger partial charge >= 0.3 is 0 Å². The highest BCUT2D eigenvalue weighted by Gasteiger charge is 2.13. The van der Waals surface area contributed by atoms with Crippen molar-refractivity contribution in [2.24, 2.45) is 0 Å². The predicted octanol–water partition coefficient (Wildman–Crippen LogP) is 6.61. The fourth-order valence-corrected chi connectivity index (χ4v) is 3.62. The van der Waals surface area contributed by atoms with Crippen molar-refractivity contribution in [1.29, 1.82) is 5.41 Å². The fourth-order valence-electron chi connectivity index (χ4n) is 3.39. The molecule has 8 heteroatoms. The Morgan fingerprint density at radius 2 is 1.97 bits per heavy atom. The molecule has 0 fully saturated rings. The van der Waals surface area contributed by atoms with Crippen LogP contribution in [0.15, 0.2) is 77.2 Å². The van der Waals surface area contributed by atoms with Gasteiger partial charge in [0.15, 0.2) is 12.0 Å². The Morgan fingerprint density at radius 3 is 2.68 bits per heavy atom. The van der Waals surface area contributed by atoms with Crippen LogP contribution in [-0.4, -0.2) is 19.2 Å². The predicted molar refractivity (Wildman–Crippen MR) is 132 cm³/mol. The molecule has 0 unspecified atom stereocenters. The summed E-state index contributed by atoms with van der Waals surface area (Å²) in [5, 5.41) is 15.1. The van der Waals surface area contributed by atoms with Gasteiger partial charge < -0.3 is 19.8 Å². The van der Waals surface area contributed by atoms with Crippen LogP contribution in [0.5, 0.6) is 5.75 Å². The van der Waals surface area contributed by atoms with Gasteiger partial charge in [-0.15, -0.1) is 0 Å². The molecule has 0 aliphatic rings. The van der Waals surface area contributed by atoms with Crippen molar-refractivity contribution >= 4 is 35.1 Å². The van der Waals surface area contributed by atoms with Gasteiger partial charge in [0, 0.05) is 29.5 Å². The Bertz CT molecular complexity index is 1350. The Labute approximate surface area is 200 Å². The lowest BCUT2D eigenvalue weighted by Crippen LogP contribution is -2.14. The van der Waals surface area contributed by atoms with Crippen LogP contribution in [0.3, 0.4) is 0 Å². The third kappa shape index (κ3) is 5.27. The van der Waals surface area contributed by atoms with E-state index in [0.29, 0.717) is 39.6 Å². The molecule has 1 heterocycles. The van der Waals surface area contributed by atoms with Crippen LogP contribution in [0, 0.1) is 11.2 Å². The molecule has 172 valence electrons. The molecule has 3 N–H and O–H groups in total. The number of hydrogen-bond acceptors (Lipinski definition) is 5. The van der Waals surface area contributed by atoms with Crippen molar-refractivity contribution in [3.8, 4) is 17.1 Å². The van der Waals surface area contributed by atoms with E-state index in [-0.39, 0.29) is 24.0 Å². The minimum Gasteiger partial charge on any atom is -0.487 e. The molecule has 3 aromatic carbocycles. The number of hydrogen-bond donors (Lipinski definition) is 3. The zero-order valence-corrected chi connectivity index (χ0v) is 18.9. The number of aldehydes is 1. The number of ether oxygens (including phenoxy) is 1.